The molecule has 0 radical (unpaired) electrons. The van der Waals surface area contributed by atoms with Crippen LogP contribution in [0.5, 0.6) is 23.0 Å². The van der Waals surface area contributed by atoms with Crippen molar-refractivity contribution in [3.8, 4) is 45.5 Å². The number of aromatic nitrogens is 6. The monoisotopic (exact) mass is 1020 g/mol. The number of urea groups is 2. The molecule has 0 atom stereocenters. The lowest BCUT2D eigenvalue weighted by Crippen LogP contribution is -2.20. The number of alkyl halides is 3. The average molecular weight is 1020 g/mol. The number of nitrogens with zero attached hydrogens (tertiary/aromatic N) is 6. The predicted molar refractivity (Wildman–Crippen MR) is 267 cm³/mol. The Balaban J connectivity index is 0.000000182. The molecule has 0 spiro atoms. The van der Waals surface area contributed by atoms with Crippen LogP contribution < -0.4 is 30.7 Å². The molecular formula is C53H33ClF6N10O4. The van der Waals surface area contributed by atoms with Gasteiger partial charge in [-0.05, 0) is 109 Å². The molecular weight excluding hydrogens is 990 g/mol. The summed E-state index contributed by atoms with van der Waals surface area (Å²) in [7, 11) is 0. The van der Waals surface area contributed by atoms with Gasteiger partial charge in [0.15, 0.2) is 23.1 Å². The number of carbonyl (C=O) groups excluding carboxylic acids is 2. The third kappa shape index (κ3) is 12.4. The van der Waals surface area contributed by atoms with E-state index in [0.29, 0.717) is 45.0 Å². The molecule has 0 saturated carbocycles. The molecule has 0 aliphatic heterocycles. The van der Waals surface area contributed by atoms with Gasteiger partial charge in [0.1, 0.15) is 17.3 Å². The first-order valence-electron chi connectivity index (χ1n) is 21.8. The van der Waals surface area contributed by atoms with Crippen LogP contribution in [0.1, 0.15) is 5.56 Å². The van der Waals surface area contributed by atoms with Gasteiger partial charge in [0, 0.05) is 82.9 Å². The standard InChI is InChI=1S/C27H17F4N5O2.C26H16ClF2N5O2/c28-21-12-19(35-26(37)34-18-5-1-4-17(11-18)27(29,30)31)6-9-25(21)38-20-7-8-22-23(13-20)36-24(15-33-22)16-3-2-10-32-14-16;27-19-6-3-16(10-20(19)28)32-26(35)33-17-4-8-25(21(29)11-17)36-18-5-7-22-23(12-18)34-24(14-31-22)15-2-1-9-30-13-15/h1-15H,(H2,34,35,37);1-14H,(H2,32,33,35). The summed E-state index contributed by atoms with van der Waals surface area (Å²) in [5, 5.41) is 9.53. The summed E-state index contributed by atoms with van der Waals surface area (Å²) in [6.07, 6.45) is 5.43. The first-order valence-corrected chi connectivity index (χ1v) is 22.1. The highest BCUT2D eigenvalue weighted by atomic mass is 35.5. The van der Waals surface area contributed by atoms with Gasteiger partial charge in [-0.1, -0.05) is 17.7 Å². The fraction of sp³-hybridized carbons (Fsp3) is 0.0189. The minimum Gasteiger partial charge on any atom is -0.454 e. The molecule has 21 heteroatoms. The van der Waals surface area contributed by atoms with E-state index >= 15 is 0 Å². The van der Waals surface area contributed by atoms with Gasteiger partial charge in [0.25, 0.3) is 0 Å². The van der Waals surface area contributed by atoms with Crippen LogP contribution in [0.2, 0.25) is 5.02 Å². The zero-order chi connectivity index (χ0) is 51.8. The first kappa shape index (κ1) is 49.3. The van der Waals surface area contributed by atoms with Crippen molar-refractivity contribution in [1.82, 2.24) is 29.9 Å². The maximum Gasteiger partial charge on any atom is 0.416 e. The van der Waals surface area contributed by atoms with Crippen LogP contribution in [0.15, 0.2) is 177 Å². The minimum atomic E-state index is -4.55. The molecule has 0 aliphatic rings. The topological polar surface area (TPSA) is 178 Å². The summed E-state index contributed by atoms with van der Waals surface area (Å²) in [5.41, 5.74) is 4.73. The van der Waals surface area contributed by atoms with Crippen molar-refractivity contribution in [2.24, 2.45) is 0 Å². The molecule has 6 aromatic carbocycles. The summed E-state index contributed by atoms with van der Waals surface area (Å²) >= 11 is 5.63. The van der Waals surface area contributed by atoms with Crippen LogP contribution in [-0.4, -0.2) is 42.0 Å². The number of anilines is 4. The van der Waals surface area contributed by atoms with E-state index in [9.17, 15) is 35.9 Å². The van der Waals surface area contributed by atoms with Crippen LogP contribution in [-0.2, 0) is 6.18 Å². The van der Waals surface area contributed by atoms with E-state index < -0.39 is 41.3 Å². The lowest BCUT2D eigenvalue weighted by Gasteiger charge is -2.12. The smallest absolute Gasteiger partial charge is 0.416 e. The predicted octanol–water partition coefficient (Wildman–Crippen LogP) is 14.3. The fourth-order valence-electron chi connectivity index (χ4n) is 6.93. The number of halogens is 7. The molecule has 14 nitrogen and oxygen atoms in total. The largest absolute Gasteiger partial charge is 0.454 e. The number of ether oxygens (including phenoxy) is 2. The second-order valence-electron chi connectivity index (χ2n) is 15.7. The van der Waals surface area contributed by atoms with Crippen LogP contribution in [0.4, 0.5) is 58.7 Å². The average Bonchev–Trinajstić information content (AvgIpc) is 3.39. The maximum absolute atomic E-state index is 14.7. The molecule has 4 amide bonds. The summed E-state index contributed by atoms with van der Waals surface area (Å²) in [5.74, 6) is -1.60. The number of carbonyl (C=O) groups is 2. The molecule has 0 bridgehead atoms. The van der Waals surface area contributed by atoms with Crippen molar-refractivity contribution >= 4 is 68.5 Å². The SMILES string of the molecule is O=C(Nc1ccc(Cl)c(F)c1)Nc1ccc(Oc2ccc3ncc(-c4cccnc4)nc3c2)c(F)c1.O=C(Nc1cccc(C(F)(F)F)c1)Nc1ccc(Oc2ccc3ncc(-c4cccnc4)nc3c2)c(F)c1. The van der Waals surface area contributed by atoms with E-state index in [0.717, 1.165) is 41.5 Å². The summed E-state index contributed by atoms with van der Waals surface area (Å²) in [6, 6.07) is 31.5. The van der Waals surface area contributed by atoms with Gasteiger partial charge in [-0.15, -0.1) is 0 Å². The van der Waals surface area contributed by atoms with Gasteiger partial charge in [0.2, 0.25) is 0 Å². The third-order valence-corrected chi connectivity index (χ3v) is 10.7. The molecule has 4 heterocycles. The van der Waals surface area contributed by atoms with Crippen molar-refractivity contribution in [1.29, 1.82) is 0 Å². The quantitative estimate of drug-likeness (QED) is 0.0964. The molecule has 74 heavy (non-hydrogen) atoms. The molecule has 10 aromatic rings. The van der Waals surface area contributed by atoms with E-state index in [2.05, 4.69) is 51.2 Å². The Kier molecular flexibility index (Phi) is 14.5. The molecule has 4 aromatic heterocycles. The van der Waals surface area contributed by atoms with Gasteiger partial charge in [0.05, 0.1) is 56.4 Å². The minimum absolute atomic E-state index is 0.0450. The lowest BCUT2D eigenvalue weighted by atomic mass is 10.2. The molecule has 10 rings (SSSR count). The Morgan fingerprint density at radius 3 is 1.36 bits per heavy atom. The van der Waals surface area contributed by atoms with Gasteiger partial charge in [-0.2, -0.15) is 13.2 Å². The Morgan fingerprint density at radius 2 is 0.932 bits per heavy atom. The number of fused-ring (bicyclic) bond motifs is 2. The van der Waals surface area contributed by atoms with Gasteiger partial charge in [-0.25, -0.2) is 32.7 Å². The van der Waals surface area contributed by atoms with Crippen molar-refractivity contribution in [2.45, 2.75) is 6.18 Å². The molecule has 0 unspecified atom stereocenters. The number of rotatable bonds is 10. The lowest BCUT2D eigenvalue weighted by molar-refractivity contribution is -0.137. The van der Waals surface area contributed by atoms with Crippen molar-refractivity contribution in [2.75, 3.05) is 21.3 Å². The number of hydrogen-bond donors (Lipinski definition) is 4. The Morgan fingerprint density at radius 1 is 0.473 bits per heavy atom. The molecule has 0 fully saturated rings. The zero-order valence-corrected chi connectivity index (χ0v) is 38.5. The number of pyridine rings is 2. The number of amides is 4. The van der Waals surface area contributed by atoms with E-state index in [-0.39, 0.29) is 39.3 Å². The molecule has 368 valence electrons. The van der Waals surface area contributed by atoms with E-state index in [1.165, 1.54) is 48.5 Å². The van der Waals surface area contributed by atoms with E-state index in [1.54, 1.807) is 79.6 Å². The molecule has 0 saturated heterocycles. The number of hydrogen-bond acceptors (Lipinski definition) is 10. The van der Waals surface area contributed by atoms with E-state index in [4.69, 9.17) is 21.1 Å². The number of nitrogens with one attached hydrogen (secondary N) is 4. The Bertz CT molecular complexity index is 3690. The van der Waals surface area contributed by atoms with Crippen molar-refractivity contribution in [3.05, 3.63) is 205 Å². The van der Waals surface area contributed by atoms with Gasteiger partial charge < -0.3 is 30.7 Å². The fourth-order valence-corrected chi connectivity index (χ4v) is 7.04. The van der Waals surface area contributed by atoms with Crippen LogP contribution in [0.25, 0.3) is 44.6 Å². The normalized spacial score (nSPS) is 11.0. The zero-order valence-electron chi connectivity index (χ0n) is 37.7. The Labute approximate surface area is 420 Å². The van der Waals surface area contributed by atoms with Crippen LogP contribution in [0, 0.1) is 17.5 Å². The van der Waals surface area contributed by atoms with Crippen LogP contribution >= 0.6 is 11.6 Å². The Hall–Kier alpha value is -9.69. The van der Waals surface area contributed by atoms with Crippen molar-refractivity contribution in [3.63, 3.8) is 0 Å². The summed E-state index contributed by atoms with van der Waals surface area (Å²) < 4.78 is 93.0. The van der Waals surface area contributed by atoms with Crippen molar-refractivity contribution < 1.29 is 45.4 Å². The van der Waals surface area contributed by atoms with Gasteiger partial charge >= 0.3 is 18.2 Å². The maximum atomic E-state index is 14.7. The molecule has 4 N–H and O–H groups in total. The first-order chi connectivity index (χ1) is 35.7. The summed E-state index contributed by atoms with van der Waals surface area (Å²) in [4.78, 5) is 50.5. The van der Waals surface area contributed by atoms with E-state index in [1.807, 2.05) is 18.2 Å². The number of benzene rings is 6. The molecule has 0 aliphatic carbocycles. The second kappa shape index (κ2) is 21.7. The second-order valence-corrected chi connectivity index (χ2v) is 16.1. The van der Waals surface area contributed by atoms with Crippen LogP contribution in [0.3, 0.4) is 0 Å². The van der Waals surface area contributed by atoms with Gasteiger partial charge in [-0.3, -0.25) is 19.9 Å². The highest BCUT2D eigenvalue weighted by Crippen LogP contribution is 2.33. The third-order valence-electron chi connectivity index (χ3n) is 10.4. The highest BCUT2D eigenvalue weighted by molar-refractivity contribution is 6.30. The summed E-state index contributed by atoms with van der Waals surface area (Å²) in [6.45, 7) is 0. The highest BCUT2D eigenvalue weighted by Gasteiger charge is 2.30.